The highest BCUT2D eigenvalue weighted by molar-refractivity contribution is 6.10. The number of nitrogens with one attached hydrogen (secondary N) is 1. The molecule has 1 atom stereocenters. The number of hydrogen-bond acceptors (Lipinski definition) is 7. The number of aromatic nitrogens is 4. The van der Waals surface area contributed by atoms with Crippen LogP contribution in [0.5, 0.6) is 0 Å². The highest BCUT2D eigenvalue weighted by atomic mass is 19.4. The number of pyridine rings is 1. The minimum absolute atomic E-state index is 0.0173. The fraction of sp³-hybridized carbons (Fsp3) is 0.333. The first-order chi connectivity index (χ1) is 15.3. The zero-order valence-electron chi connectivity index (χ0n) is 17.5. The van der Waals surface area contributed by atoms with Crippen LogP contribution in [0.15, 0.2) is 41.3 Å². The average Bonchev–Trinajstić information content (AvgIpc) is 3.25. The summed E-state index contributed by atoms with van der Waals surface area (Å²) in [6.07, 6.45) is -0.346. The van der Waals surface area contributed by atoms with E-state index in [1.165, 1.54) is 13.1 Å². The first kappa shape index (κ1) is 21.8. The standard InChI is InChI=1S/C21H22F3N7O/c1-12-11-32-8-7-31(12)17-9-16(15(10-26-2)18(25)21(22,23)24)29-20(30-17)14-4-6-28-19-13(14)3-5-27-19/h3-6,9-10,12H,7-8,11,25H2,1-2H3,(H,27,28)/t12-/m1/s1. The van der Waals surface area contributed by atoms with E-state index < -0.39 is 11.9 Å². The van der Waals surface area contributed by atoms with Crippen LogP contribution in [-0.2, 0) is 4.74 Å². The van der Waals surface area contributed by atoms with E-state index in [9.17, 15) is 13.2 Å². The van der Waals surface area contributed by atoms with Gasteiger partial charge < -0.3 is 20.4 Å². The number of nitrogens with zero attached hydrogens (tertiary/aromatic N) is 5. The van der Waals surface area contributed by atoms with E-state index in [4.69, 9.17) is 15.5 Å². The number of rotatable bonds is 4. The second-order valence-electron chi connectivity index (χ2n) is 7.36. The maximum atomic E-state index is 13.5. The number of fused-ring (bicyclic) bond motifs is 1. The van der Waals surface area contributed by atoms with Crippen LogP contribution in [0.25, 0.3) is 28.0 Å². The fourth-order valence-corrected chi connectivity index (χ4v) is 3.62. The zero-order chi connectivity index (χ0) is 22.9. The van der Waals surface area contributed by atoms with Gasteiger partial charge in [-0.1, -0.05) is 0 Å². The van der Waals surface area contributed by atoms with Gasteiger partial charge in [0.05, 0.1) is 24.9 Å². The molecule has 3 aromatic rings. The normalized spacial score (nSPS) is 18.4. The van der Waals surface area contributed by atoms with Gasteiger partial charge in [-0.2, -0.15) is 13.2 Å². The second kappa shape index (κ2) is 8.58. The van der Waals surface area contributed by atoms with Crippen molar-refractivity contribution < 1.29 is 17.9 Å². The number of aromatic amines is 1. The molecule has 0 saturated carbocycles. The van der Waals surface area contributed by atoms with Crippen LogP contribution in [0.4, 0.5) is 19.0 Å². The molecule has 1 aliphatic rings. The summed E-state index contributed by atoms with van der Waals surface area (Å²) in [5.74, 6) is 0.749. The van der Waals surface area contributed by atoms with Gasteiger partial charge in [0.2, 0.25) is 0 Å². The van der Waals surface area contributed by atoms with Crippen molar-refractivity contribution in [2.45, 2.75) is 19.1 Å². The molecular formula is C21H22F3N7O. The summed E-state index contributed by atoms with van der Waals surface area (Å²) >= 11 is 0. The van der Waals surface area contributed by atoms with Crippen LogP contribution in [0.1, 0.15) is 12.6 Å². The molecule has 0 radical (unpaired) electrons. The summed E-state index contributed by atoms with van der Waals surface area (Å²) in [7, 11) is 1.38. The lowest BCUT2D eigenvalue weighted by Crippen LogP contribution is -2.44. The maximum absolute atomic E-state index is 13.5. The van der Waals surface area contributed by atoms with E-state index in [0.29, 0.717) is 36.8 Å². The van der Waals surface area contributed by atoms with E-state index in [2.05, 4.69) is 19.9 Å². The van der Waals surface area contributed by atoms with Crippen molar-refractivity contribution in [3.63, 3.8) is 0 Å². The Balaban J connectivity index is 1.97. The van der Waals surface area contributed by atoms with Gasteiger partial charge in [0.25, 0.3) is 0 Å². The summed E-state index contributed by atoms with van der Waals surface area (Å²) in [6, 6.07) is 5.04. The van der Waals surface area contributed by atoms with Crippen LogP contribution >= 0.6 is 0 Å². The lowest BCUT2D eigenvalue weighted by atomic mass is 10.1. The average molecular weight is 445 g/mol. The predicted molar refractivity (Wildman–Crippen MR) is 116 cm³/mol. The molecule has 3 aromatic heterocycles. The molecule has 1 fully saturated rings. The van der Waals surface area contributed by atoms with Crippen LogP contribution in [0.2, 0.25) is 0 Å². The molecule has 32 heavy (non-hydrogen) atoms. The number of morpholine rings is 1. The van der Waals surface area contributed by atoms with Gasteiger partial charge in [0.15, 0.2) is 5.82 Å². The van der Waals surface area contributed by atoms with Crippen molar-refractivity contribution in [1.29, 1.82) is 0 Å². The van der Waals surface area contributed by atoms with Crippen molar-refractivity contribution in [1.82, 2.24) is 19.9 Å². The number of alkyl halides is 3. The molecule has 4 heterocycles. The first-order valence-corrected chi connectivity index (χ1v) is 9.95. The highest BCUT2D eigenvalue weighted by Crippen LogP contribution is 2.32. The van der Waals surface area contributed by atoms with Gasteiger partial charge in [-0.15, -0.1) is 0 Å². The Hall–Kier alpha value is -3.47. The van der Waals surface area contributed by atoms with Crippen molar-refractivity contribution in [3.05, 3.63) is 42.0 Å². The Morgan fingerprint density at radius 3 is 2.88 bits per heavy atom. The minimum atomic E-state index is -4.74. The predicted octanol–water partition coefficient (Wildman–Crippen LogP) is 3.18. The van der Waals surface area contributed by atoms with Crippen LogP contribution in [0.3, 0.4) is 0 Å². The molecule has 168 valence electrons. The summed E-state index contributed by atoms with van der Waals surface area (Å²) in [4.78, 5) is 22.2. The molecule has 1 aliphatic heterocycles. The third-order valence-corrected chi connectivity index (χ3v) is 5.21. The molecule has 8 nitrogen and oxygen atoms in total. The van der Waals surface area contributed by atoms with Crippen LogP contribution in [0, 0.1) is 0 Å². The number of allylic oxidation sites excluding steroid dienone is 2. The van der Waals surface area contributed by atoms with E-state index >= 15 is 0 Å². The molecule has 0 amide bonds. The highest BCUT2D eigenvalue weighted by Gasteiger charge is 2.35. The lowest BCUT2D eigenvalue weighted by molar-refractivity contribution is -0.0918. The quantitative estimate of drug-likeness (QED) is 0.598. The van der Waals surface area contributed by atoms with Gasteiger partial charge in [0.1, 0.15) is 17.2 Å². The van der Waals surface area contributed by atoms with E-state index in [1.807, 2.05) is 17.9 Å². The van der Waals surface area contributed by atoms with Crippen molar-refractivity contribution >= 4 is 28.6 Å². The zero-order valence-corrected chi connectivity index (χ0v) is 17.5. The molecule has 0 bridgehead atoms. The summed E-state index contributed by atoms with van der Waals surface area (Å²) < 4.78 is 46.0. The second-order valence-corrected chi connectivity index (χ2v) is 7.36. The van der Waals surface area contributed by atoms with Crippen LogP contribution in [-0.4, -0.2) is 65.2 Å². The number of anilines is 1. The third-order valence-electron chi connectivity index (χ3n) is 5.21. The Labute approximate surface area is 182 Å². The molecule has 3 N–H and O–H groups in total. The number of hydrogen-bond donors (Lipinski definition) is 2. The summed E-state index contributed by atoms with van der Waals surface area (Å²) in [5, 5.41) is 0.754. The van der Waals surface area contributed by atoms with Crippen molar-refractivity contribution in [3.8, 4) is 11.4 Å². The van der Waals surface area contributed by atoms with Gasteiger partial charge in [-0.05, 0) is 19.1 Å². The molecule has 4 rings (SSSR count). The van der Waals surface area contributed by atoms with E-state index in [1.54, 1.807) is 18.5 Å². The molecule has 0 spiro atoms. The number of aliphatic imine (C=N–C) groups is 1. The summed E-state index contributed by atoms with van der Waals surface area (Å²) in [5.41, 5.74) is 5.20. The minimum Gasteiger partial charge on any atom is -0.394 e. The molecule has 0 aliphatic carbocycles. The molecule has 0 aromatic carbocycles. The van der Waals surface area contributed by atoms with Gasteiger partial charge in [-0.3, -0.25) is 4.99 Å². The van der Waals surface area contributed by atoms with Gasteiger partial charge >= 0.3 is 6.18 Å². The molecule has 1 saturated heterocycles. The fourth-order valence-electron chi connectivity index (χ4n) is 3.62. The molecule has 11 heteroatoms. The molecule has 0 unspecified atom stereocenters. The Morgan fingerprint density at radius 1 is 1.34 bits per heavy atom. The van der Waals surface area contributed by atoms with Crippen molar-refractivity contribution in [2.75, 3.05) is 31.7 Å². The number of ether oxygens (including phenoxy) is 1. The van der Waals surface area contributed by atoms with Gasteiger partial charge in [0, 0.05) is 54.8 Å². The maximum Gasteiger partial charge on any atom is 0.431 e. The largest absolute Gasteiger partial charge is 0.431 e. The molecular weight excluding hydrogens is 423 g/mol. The van der Waals surface area contributed by atoms with Crippen LogP contribution < -0.4 is 10.6 Å². The van der Waals surface area contributed by atoms with Gasteiger partial charge in [-0.25, -0.2) is 15.0 Å². The van der Waals surface area contributed by atoms with Crippen molar-refractivity contribution in [2.24, 2.45) is 10.7 Å². The van der Waals surface area contributed by atoms with E-state index in [-0.39, 0.29) is 23.1 Å². The number of halogens is 3. The smallest absolute Gasteiger partial charge is 0.394 e. The number of nitrogens with two attached hydrogens (primary N) is 1. The lowest BCUT2D eigenvalue weighted by Gasteiger charge is -2.34. The Morgan fingerprint density at radius 2 is 2.16 bits per heavy atom. The monoisotopic (exact) mass is 445 g/mol. The Bertz CT molecular complexity index is 1190. The SMILES string of the molecule is CN=CC(=C(N)C(F)(F)F)c1cc(N2CCOC[C@H]2C)nc(-c2ccnc3[nH]ccc23)n1. The topological polar surface area (TPSA) is 105 Å². The number of H-pyrrole nitrogens is 1. The van der Waals surface area contributed by atoms with E-state index in [0.717, 1.165) is 11.6 Å². The first-order valence-electron chi connectivity index (χ1n) is 9.95. The Kier molecular flexibility index (Phi) is 5.83. The third kappa shape index (κ3) is 4.15. The summed E-state index contributed by atoms with van der Waals surface area (Å²) in [6.45, 7) is 3.48.